The van der Waals surface area contributed by atoms with E-state index in [4.69, 9.17) is 4.98 Å². The molecule has 3 aromatic heterocycles. The van der Waals surface area contributed by atoms with E-state index in [0.717, 1.165) is 44.6 Å². The third-order valence-corrected chi connectivity index (χ3v) is 5.77. The maximum absolute atomic E-state index is 4.99. The minimum Gasteiger partial charge on any atom is -0.352 e. The van der Waals surface area contributed by atoms with E-state index < -0.39 is 0 Å². The van der Waals surface area contributed by atoms with Gasteiger partial charge in [-0.25, -0.2) is 4.98 Å². The Morgan fingerprint density at radius 1 is 0.759 bits per heavy atom. The quantitative estimate of drug-likeness (QED) is 0.385. The highest BCUT2D eigenvalue weighted by Crippen LogP contribution is 2.36. The van der Waals surface area contributed by atoms with Crippen molar-refractivity contribution in [3.63, 3.8) is 0 Å². The average molecular weight is 371 g/mol. The number of aromatic nitrogens is 4. The van der Waals surface area contributed by atoms with Crippen molar-refractivity contribution in [2.45, 2.75) is 0 Å². The molecule has 0 aliphatic carbocycles. The lowest BCUT2D eigenvalue weighted by molar-refractivity contribution is 1.11. The molecule has 0 saturated heterocycles. The van der Waals surface area contributed by atoms with E-state index in [1.807, 2.05) is 24.3 Å². The molecule has 0 aliphatic rings. The normalized spacial score (nSPS) is 12.1. The number of benzene rings is 4. The fraction of sp³-hybridized carbons (Fsp3) is 0. The first-order chi connectivity index (χ1) is 14.4. The van der Waals surface area contributed by atoms with Crippen molar-refractivity contribution < 1.29 is 0 Å². The van der Waals surface area contributed by atoms with Crippen LogP contribution in [0.2, 0.25) is 0 Å². The molecular weight excluding hydrogens is 356 g/mol. The molecule has 4 aromatic carbocycles. The number of para-hydroxylation sites is 4. The van der Waals surface area contributed by atoms with Gasteiger partial charge in [-0.2, -0.15) is 0 Å². The zero-order chi connectivity index (χ0) is 18.9. The third kappa shape index (κ3) is 1.85. The molecular formula is C25H15N4. The molecule has 29 heavy (non-hydrogen) atoms. The van der Waals surface area contributed by atoms with Crippen LogP contribution in [-0.2, 0) is 0 Å². The summed E-state index contributed by atoms with van der Waals surface area (Å²) in [5.41, 5.74) is 7.61. The van der Waals surface area contributed by atoms with Crippen LogP contribution in [0.4, 0.5) is 0 Å². The van der Waals surface area contributed by atoms with Crippen molar-refractivity contribution >= 4 is 49.7 Å². The summed E-state index contributed by atoms with van der Waals surface area (Å²) in [5, 5.41) is 2.39. The summed E-state index contributed by atoms with van der Waals surface area (Å²) in [6.07, 6.45) is 0. The maximum atomic E-state index is 4.99. The zero-order valence-corrected chi connectivity index (χ0v) is 15.4. The van der Waals surface area contributed by atoms with Crippen LogP contribution >= 0.6 is 0 Å². The minimum absolute atomic E-state index is 0.919. The van der Waals surface area contributed by atoms with Crippen molar-refractivity contribution in [1.82, 2.24) is 18.9 Å². The molecule has 0 aliphatic heterocycles. The lowest BCUT2D eigenvalue weighted by Gasteiger charge is -2.05. The van der Waals surface area contributed by atoms with Crippen LogP contribution in [0.15, 0.2) is 84.9 Å². The summed E-state index contributed by atoms with van der Waals surface area (Å²) >= 11 is 0. The molecule has 7 rings (SSSR count). The number of aromatic amines is 1. The van der Waals surface area contributed by atoms with Crippen molar-refractivity contribution in [1.29, 1.82) is 0 Å². The van der Waals surface area contributed by atoms with Crippen molar-refractivity contribution in [2.75, 3.05) is 0 Å². The van der Waals surface area contributed by atoms with Crippen molar-refractivity contribution in [3.05, 3.63) is 91.0 Å². The smallest absolute Gasteiger partial charge is 0.220 e. The molecule has 0 bridgehead atoms. The maximum Gasteiger partial charge on any atom is 0.220 e. The second-order valence-electron chi connectivity index (χ2n) is 7.35. The molecule has 0 amide bonds. The van der Waals surface area contributed by atoms with E-state index in [1.165, 1.54) is 10.8 Å². The molecule has 3 heterocycles. The van der Waals surface area contributed by atoms with Crippen LogP contribution in [0.25, 0.3) is 55.3 Å². The molecule has 4 heteroatoms. The second kappa shape index (κ2) is 5.26. The van der Waals surface area contributed by atoms with Gasteiger partial charge in [0.25, 0.3) is 0 Å². The van der Waals surface area contributed by atoms with Crippen LogP contribution in [0.5, 0.6) is 0 Å². The molecule has 0 atom stereocenters. The minimum atomic E-state index is 0.919. The lowest BCUT2D eigenvalue weighted by atomic mass is 10.1. The van der Waals surface area contributed by atoms with Gasteiger partial charge in [0.1, 0.15) is 0 Å². The van der Waals surface area contributed by atoms with E-state index in [0.29, 0.717) is 0 Å². The first-order valence-corrected chi connectivity index (χ1v) is 9.68. The molecule has 135 valence electrons. The summed E-state index contributed by atoms with van der Waals surface area (Å²) in [4.78, 5) is 8.61. The third-order valence-electron chi connectivity index (χ3n) is 5.77. The Morgan fingerprint density at radius 2 is 1.62 bits per heavy atom. The number of H-pyrrole nitrogens is 1. The lowest BCUT2D eigenvalue weighted by Crippen LogP contribution is -1.95. The first-order valence-electron chi connectivity index (χ1n) is 9.68. The Labute approximate surface area is 165 Å². The monoisotopic (exact) mass is 371 g/mol. The van der Waals surface area contributed by atoms with E-state index in [9.17, 15) is 0 Å². The number of hydrogen-bond acceptors (Lipinski definition) is 1. The number of nitrogens with one attached hydrogen (secondary N) is 1. The molecule has 7 aromatic rings. The van der Waals surface area contributed by atoms with Crippen LogP contribution in [0.1, 0.15) is 0 Å². The SMILES string of the molecule is [c]1cccc2c1[nH]c1c2ccc2c1n(-c1ccccc1)c1nc3ccccc3n21. The van der Waals surface area contributed by atoms with Gasteiger partial charge in [0.15, 0.2) is 0 Å². The van der Waals surface area contributed by atoms with Gasteiger partial charge in [-0.3, -0.25) is 8.97 Å². The Kier molecular flexibility index (Phi) is 2.71. The summed E-state index contributed by atoms with van der Waals surface area (Å²) in [6.45, 7) is 0. The Hall–Kier alpha value is -4.05. The van der Waals surface area contributed by atoms with Gasteiger partial charge in [0.2, 0.25) is 5.78 Å². The topological polar surface area (TPSA) is 38.0 Å². The highest BCUT2D eigenvalue weighted by atomic mass is 15.2. The highest BCUT2D eigenvalue weighted by Gasteiger charge is 2.20. The number of nitrogens with zero attached hydrogens (tertiary/aromatic N) is 3. The van der Waals surface area contributed by atoms with Crippen LogP contribution in [-0.4, -0.2) is 18.9 Å². The van der Waals surface area contributed by atoms with Crippen molar-refractivity contribution in [2.24, 2.45) is 0 Å². The summed E-state index contributed by atoms with van der Waals surface area (Å²) < 4.78 is 4.51. The molecule has 0 unspecified atom stereocenters. The van der Waals surface area contributed by atoms with Crippen molar-refractivity contribution in [3.8, 4) is 5.69 Å². The molecule has 0 spiro atoms. The summed E-state index contributed by atoms with van der Waals surface area (Å²) in [7, 11) is 0. The fourth-order valence-corrected chi connectivity index (χ4v) is 4.55. The van der Waals surface area contributed by atoms with Gasteiger partial charge in [-0.05, 0) is 36.4 Å². The van der Waals surface area contributed by atoms with Gasteiger partial charge >= 0.3 is 0 Å². The zero-order valence-electron chi connectivity index (χ0n) is 15.4. The van der Waals surface area contributed by atoms with E-state index in [2.05, 4.69) is 80.7 Å². The summed E-state index contributed by atoms with van der Waals surface area (Å²) in [6, 6.07) is 32.6. The Bertz CT molecular complexity index is 1700. The number of hydrogen-bond donors (Lipinski definition) is 1. The fourth-order valence-electron chi connectivity index (χ4n) is 4.55. The van der Waals surface area contributed by atoms with E-state index >= 15 is 0 Å². The van der Waals surface area contributed by atoms with Gasteiger partial charge in [0.05, 0.1) is 33.1 Å². The largest absolute Gasteiger partial charge is 0.352 e. The number of fused-ring (bicyclic) bond motifs is 9. The van der Waals surface area contributed by atoms with Gasteiger partial charge in [-0.15, -0.1) is 0 Å². The van der Waals surface area contributed by atoms with Crippen LogP contribution in [0.3, 0.4) is 0 Å². The van der Waals surface area contributed by atoms with Gasteiger partial charge < -0.3 is 4.98 Å². The second-order valence-corrected chi connectivity index (χ2v) is 7.35. The summed E-state index contributed by atoms with van der Waals surface area (Å²) in [5.74, 6) is 0.919. The van der Waals surface area contributed by atoms with E-state index in [1.54, 1.807) is 0 Å². The van der Waals surface area contributed by atoms with Crippen LogP contribution < -0.4 is 0 Å². The molecule has 1 radical (unpaired) electrons. The van der Waals surface area contributed by atoms with Gasteiger partial charge in [-0.1, -0.05) is 48.5 Å². The Balaban J connectivity index is 1.80. The molecule has 1 N–H and O–H groups in total. The molecule has 4 nitrogen and oxygen atoms in total. The average Bonchev–Trinajstić information content (AvgIpc) is 3.42. The first kappa shape index (κ1) is 14.9. The van der Waals surface area contributed by atoms with Crippen LogP contribution in [0, 0.1) is 6.07 Å². The predicted molar refractivity (Wildman–Crippen MR) is 118 cm³/mol. The van der Waals surface area contributed by atoms with E-state index in [-0.39, 0.29) is 0 Å². The highest BCUT2D eigenvalue weighted by molar-refractivity contribution is 6.16. The number of imidazole rings is 2. The molecule has 0 fully saturated rings. The number of rotatable bonds is 1. The molecule has 0 saturated carbocycles. The van der Waals surface area contributed by atoms with Gasteiger partial charge in [0, 0.05) is 22.5 Å². The predicted octanol–water partition coefficient (Wildman–Crippen LogP) is 5.87. The standard InChI is InChI=1S/C25H15N4/c1-2-8-16(9-3-1)28-24-22(29-21-13-7-6-12-20(21)27-25(28)29)15-14-18-17-10-4-5-11-19(17)26-23(18)24/h1-10,12-15,26H. The Morgan fingerprint density at radius 3 is 2.55 bits per heavy atom.